The fraction of sp³-hybridized carbons (Fsp3) is 0.548. The molecule has 2 N–H and O–H groups in total. The first-order valence-corrected chi connectivity index (χ1v) is 15.3. The molecule has 0 aromatic heterocycles. The van der Waals surface area contributed by atoms with Gasteiger partial charge < -0.3 is 24.6 Å². The molecular formula is C31H39Cl3N2O6. The highest BCUT2D eigenvalue weighted by Gasteiger charge is 2.42. The molecule has 2 aliphatic heterocycles. The molecule has 5 unspecified atom stereocenters. The predicted molar refractivity (Wildman–Crippen MR) is 162 cm³/mol. The lowest BCUT2D eigenvalue weighted by Gasteiger charge is -2.43. The van der Waals surface area contributed by atoms with Gasteiger partial charge in [-0.15, -0.1) is 0 Å². The lowest BCUT2D eigenvalue weighted by Crippen LogP contribution is -2.48. The second-order valence-electron chi connectivity index (χ2n) is 11.9. The highest BCUT2D eigenvalue weighted by atomic mass is 35.6. The van der Waals surface area contributed by atoms with Crippen LogP contribution in [0.2, 0.25) is 0 Å². The monoisotopic (exact) mass is 640 g/mol. The maximum Gasteiger partial charge on any atom is 0.323 e. The van der Waals surface area contributed by atoms with E-state index in [0.29, 0.717) is 6.54 Å². The molecule has 1 amide bonds. The van der Waals surface area contributed by atoms with Crippen molar-refractivity contribution in [2.24, 2.45) is 5.92 Å². The Labute approximate surface area is 262 Å². The summed E-state index contributed by atoms with van der Waals surface area (Å²) in [6.45, 7) is 9.23. The number of aliphatic hydroxyl groups is 1. The number of nitrogens with zero attached hydrogens (tertiary/aromatic N) is 1. The quantitative estimate of drug-likeness (QED) is 0.279. The molecule has 0 bridgehead atoms. The van der Waals surface area contributed by atoms with Crippen LogP contribution in [0.4, 0.5) is 0 Å². The van der Waals surface area contributed by atoms with Gasteiger partial charge >= 0.3 is 5.97 Å². The lowest BCUT2D eigenvalue weighted by molar-refractivity contribution is -0.276. The van der Waals surface area contributed by atoms with E-state index in [1.54, 1.807) is 0 Å². The van der Waals surface area contributed by atoms with E-state index in [0.717, 1.165) is 41.6 Å². The molecular weight excluding hydrogens is 603 g/mol. The standard InChI is InChI=1S/C31H39Cl3N2O6/c1-19-25(17-36-15-5-6-24(36)27(38)42-30(2,3)4)40-28(41-26(19)22-11-9-21(18-37)10-12-22)23-13-7-20(8-14-23)16-35-29(39)31(32,33)34/h7-14,19,24-26,28,37H,5-6,15-18H2,1-4H3,(H,35,39). The zero-order chi connectivity index (χ0) is 30.7. The van der Waals surface area contributed by atoms with E-state index in [1.165, 1.54) is 0 Å². The van der Waals surface area contributed by atoms with Crippen LogP contribution in [0.1, 0.15) is 75.2 Å². The molecule has 11 heteroatoms. The molecule has 2 saturated heterocycles. The van der Waals surface area contributed by atoms with E-state index in [1.807, 2.05) is 69.3 Å². The third-order valence-corrected chi connectivity index (χ3v) is 8.06. The first-order valence-electron chi connectivity index (χ1n) is 14.2. The number of halogens is 3. The number of ether oxygens (including phenoxy) is 3. The van der Waals surface area contributed by atoms with Gasteiger partial charge in [-0.05, 0) is 56.8 Å². The number of aliphatic hydroxyl groups excluding tert-OH is 1. The van der Waals surface area contributed by atoms with Crippen molar-refractivity contribution in [2.45, 2.75) is 87.6 Å². The number of carbonyl (C=O) groups excluding carboxylic acids is 2. The minimum Gasteiger partial charge on any atom is -0.459 e. The maximum atomic E-state index is 13.0. The van der Waals surface area contributed by atoms with Crippen molar-refractivity contribution in [3.05, 3.63) is 70.8 Å². The summed E-state index contributed by atoms with van der Waals surface area (Å²) in [4.78, 5) is 27.1. The second-order valence-corrected chi connectivity index (χ2v) is 14.2. The van der Waals surface area contributed by atoms with Crippen LogP contribution >= 0.6 is 34.8 Å². The first kappa shape index (κ1) is 33.0. The van der Waals surface area contributed by atoms with Crippen LogP contribution in [0.25, 0.3) is 0 Å². The Morgan fingerprint density at radius 1 is 1.00 bits per heavy atom. The lowest BCUT2D eigenvalue weighted by atomic mass is 9.90. The van der Waals surface area contributed by atoms with Gasteiger partial charge in [-0.1, -0.05) is 90.3 Å². The van der Waals surface area contributed by atoms with Gasteiger partial charge in [0.1, 0.15) is 11.6 Å². The number of rotatable bonds is 8. The van der Waals surface area contributed by atoms with Gasteiger partial charge in [-0.3, -0.25) is 14.5 Å². The topological polar surface area (TPSA) is 97.3 Å². The maximum absolute atomic E-state index is 13.0. The van der Waals surface area contributed by atoms with E-state index in [2.05, 4.69) is 17.1 Å². The number of nitrogens with one attached hydrogen (secondary N) is 1. The number of carbonyl (C=O) groups is 2. The van der Waals surface area contributed by atoms with Crippen LogP contribution in [0.15, 0.2) is 48.5 Å². The highest BCUT2D eigenvalue weighted by molar-refractivity contribution is 6.76. The van der Waals surface area contributed by atoms with Gasteiger partial charge in [0.15, 0.2) is 6.29 Å². The number of hydrogen-bond acceptors (Lipinski definition) is 7. The molecule has 2 aliphatic rings. The van der Waals surface area contributed by atoms with Crippen LogP contribution in [0, 0.1) is 5.92 Å². The smallest absolute Gasteiger partial charge is 0.323 e. The normalized spacial score (nSPS) is 25.3. The molecule has 0 spiro atoms. The predicted octanol–water partition coefficient (Wildman–Crippen LogP) is 5.76. The van der Waals surface area contributed by atoms with Crippen LogP contribution in [0.5, 0.6) is 0 Å². The van der Waals surface area contributed by atoms with Crippen LogP contribution in [-0.4, -0.2) is 56.5 Å². The number of esters is 1. The van der Waals surface area contributed by atoms with Crippen molar-refractivity contribution in [3.63, 3.8) is 0 Å². The summed E-state index contributed by atoms with van der Waals surface area (Å²) in [5, 5.41) is 12.1. The Bertz CT molecular complexity index is 1210. The minimum atomic E-state index is -2.03. The highest BCUT2D eigenvalue weighted by Crippen LogP contribution is 2.42. The number of hydrogen-bond donors (Lipinski definition) is 2. The van der Waals surface area contributed by atoms with Gasteiger partial charge in [0.05, 0.1) is 18.8 Å². The van der Waals surface area contributed by atoms with E-state index >= 15 is 0 Å². The van der Waals surface area contributed by atoms with Crippen molar-refractivity contribution < 1.29 is 28.9 Å². The zero-order valence-electron chi connectivity index (χ0n) is 24.3. The molecule has 0 saturated carbocycles. The molecule has 2 heterocycles. The van der Waals surface area contributed by atoms with E-state index < -0.39 is 21.6 Å². The van der Waals surface area contributed by atoms with Crippen molar-refractivity contribution in [1.82, 2.24) is 10.2 Å². The summed E-state index contributed by atoms with van der Waals surface area (Å²) < 4.78 is 16.8. The molecule has 42 heavy (non-hydrogen) atoms. The number of likely N-dealkylation sites (tertiary alicyclic amines) is 1. The molecule has 5 atom stereocenters. The fourth-order valence-corrected chi connectivity index (χ4v) is 5.52. The molecule has 2 aromatic rings. The zero-order valence-corrected chi connectivity index (χ0v) is 26.6. The van der Waals surface area contributed by atoms with Crippen molar-refractivity contribution in [2.75, 3.05) is 13.1 Å². The van der Waals surface area contributed by atoms with Gasteiger partial charge in [-0.2, -0.15) is 0 Å². The number of amides is 1. The van der Waals surface area contributed by atoms with Crippen molar-refractivity contribution >= 4 is 46.7 Å². The van der Waals surface area contributed by atoms with E-state index in [4.69, 9.17) is 49.0 Å². The summed E-state index contributed by atoms with van der Waals surface area (Å²) in [6, 6.07) is 14.9. The Hall–Kier alpha value is -1.91. The molecule has 4 rings (SSSR count). The van der Waals surface area contributed by atoms with Crippen molar-refractivity contribution in [1.29, 1.82) is 0 Å². The number of benzene rings is 2. The van der Waals surface area contributed by atoms with E-state index in [9.17, 15) is 14.7 Å². The average Bonchev–Trinajstić information content (AvgIpc) is 3.40. The summed E-state index contributed by atoms with van der Waals surface area (Å²) in [5.74, 6) is -0.934. The van der Waals surface area contributed by atoms with Gasteiger partial charge in [0.25, 0.3) is 9.70 Å². The fourth-order valence-electron chi connectivity index (χ4n) is 5.32. The Kier molecular flexibility index (Phi) is 10.8. The Morgan fingerprint density at radius 3 is 2.21 bits per heavy atom. The number of alkyl halides is 3. The van der Waals surface area contributed by atoms with E-state index in [-0.39, 0.29) is 43.3 Å². The average molecular weight is 642 g/mol. The summed E-state index contributed by atoms with van der Waals surface area (Å²) in [5.41, 5.74) is 2.87. The SMILES string of the molecule is CC1C(CN2CCCC2C(=O)OC(C)(C)C)OC(c2ccc(CNC(=O)C(Cl)(Cl)Cl)cc2)OC1c1ccc(CO)cc1. The third kappa shape index (κ3) is 8.59. The molecule has 0 radical (unpaired) electrons. The molecule has 2 aromatic carbocycles. The largest absolute Gasteiger partial charge is 0.459 e. The van der Waals surface area contributed by atoms with Gasteiger partial charge in [0.2, 0.25) is 0 Å². The van der Waals surface area contributed by atoms with Gasteiger partial charge in [-0.25, -0.2) is 0 Å². The van der Waals surface area contributed by atoms with Crippen LogP contribution < -0.4 is 5.32 Å². The summed E-state index contributed by atoms with van der Waals surface area (Å²) >= 11 is 16.9. The minimum absolute atomic E-state index is 0.0301. The first-order chi connectivity index (χ1) is 19.7. The van der Waals surface area contributed by atoms with Crippen LogP contribution in [0.3, 0.4) is 0 Å². The Morgan fingerprint density at radius 2 is 1.62 bits per heavy atom. The third-order valence-electron chi connectivity index (χ3n) is 7.54. The Balaban J connectivity index is 1.54. The van der Waals surface area contributed by atoms with Crippen molar-refractivity contribution in [3.8, 4) is 0 Å². The summed E-state index contributed by atoms with van der Waals surface area (Å²) in [7, 11) is 0. The molecule has 8 nitrogen and oxygen atoms in total. The molecule has 230 valence electrons. The molecule has 0 aliphatic carbocycles. The summed E-state index contributed by atoms with van der Waals surface area (Å²) in [6.07, 6.45) is 0.469. The van der Waals surface area contributed by atoms with Crippen LogP contribution in [-0.2, 0) is 37.0 Å². The second kappa shape index (κ2) is 13.8. The van der Waals surface area contributed by atoms with Gasteiger partial charge in [0, 0.05) is 24.6 Å². The molecule has 2 fully saturated rings.